The molecule has 0 saturated carbocycles. The summed E-state index contributed by atoms with van der Waals surface area (Å²) in [6.45, 7) is 7.21. The number of benzene rings is 1. The van der Waals surface area contributed by atoms with Crippen molar-refractivity contribution in [3.05, 3.63) is 30.3 Å². The second-order valence-corrected chi connectivity index (χ2v) is 5.86. The highest BCUT2D eigenvalue weighted by atomic mass is 16.5. The predicted octanol–water partition coefficient (Wildman–Crippen LogP) is 0.856. The minimum Gasteiger partial charge on any atom is -0.394 e. The summed E-state index contributed by atoms with van der Waals surface area (Å²) < 4.78 is 4.83. The van der Waals surface area contributed by atoms with Crippen molar-refractivity contribution in [1.82, 2.24) is 5.43 Å². The molecule has 0 spiro atoms. The van der Waals surface area contributed by atoms with Gasteiger partial charge in [-0.3, -0.25) is 15.0 Å². The minimum atomic E-state index is -0.518. The maximum atomic E-state index is 12.1. The first kappa shape index (κ1) is 30.2. The van der Waals surface area contributed by atoms with Gasteiger partial charge in [-0.1, -0.05) is 38.0 Å². The second kappa shape index (κ2) is 21.7. The summed E-state index contributed by atoms with van der Waals surface area (Å²) in [6, 6.07) is 9.17. The van der Waals surface area contributed by atoms with Crippen molar-refractivity contribution < 1.29 is 34.8 Å². The van der Waals surface area contributed by atoms with Gasteiger partial charge in [0, 0.05) is 13.2 Å². The fourth-order valence-electron chi connectivity index (χ4n) is 2.15. The number of rotatable bonds is 8. The lowest BCUT2D eigenvalue weighted by atomic mass is 10.0. The molecule has 0 aromatic heterocycles. The number of ether oxygens (including phenoxy) is 1. The Hall–Kier alpha value is -2.04. The number of carbonyl (C=O) groups excluding carboxylic acids is 2. The summed E-state index contributed by atoms with van der Waals surface area (Å²) >= 11 is 0. The summed E-state index contributed by atoms with van der Waals surface area (Å²) in [5, 5.41) is 31.8. The summed E-state index contributed by atoms with van der Waals surface area (Å²) in [7, 11) is 0. The SMILES string of the molecule is CCCCC1C(=O)NN(c2ccccc2)C1=O.CCOCC.OCCO.OCCO. The number of anilines is 1. The van der Waals surface area contributed by atoms with E-state index in [2.05, 4.69) is 5.43 Å². The van der Waals surface area contributed by atoms with Crippen molar-refractivity contribution >= 4 is 17.5 Å². The van der Waals surface area contributed by atoms with Crippen LogP contribution in [0.1, 0.15) is 40.0 Å². The van der Waals surface area contributed by atoms with Gasteiger partial charge in [0.1, 0.15) is 5.92 Å². The number of aliphatic hydroxyl groups is 4. The van der Waals surface area contributed by atoms with Crippen LogP contribution in [0.5, 0.6) is 0 Å². The number of amides is 2. The molecule has 0 radical (unpaired) electrons. The molecule has 9 nitrogen and oxygen atoms in total. The molecule has 30 heavy (non-hydrogen) atoms. The van der Waals surface area contributed by atoms with E-state index in [1.165, 1.54) is 5.01 Å². The molecule has 1 heterocycles. The van der Waals surface area contributed by atoms with Gasteiger partial charge in [0.05, 0.1) is 32.1 Å². The zero-order chi connectivity index (χ0) is 23.2. The molecule has 0 aliphatic carbocycles. The summed E-state index contributed by atoms with van der Waals surface area (Å²) in [5.74, 6) is -0.850. The lowest BCUT2D eigenvalue weighted by Crippen LogP contribution is -2.35. The van der Waals surface area contributed by atoms with Gasteiger partial charge < -0.3 is 25.2 Å². The molecule has 1 aromatic carbocycles. The third kappa shape index (κ3) is 14.0. The van der Waals surface area contributed by atoms with Gasteiger partial charge in [-0.05, 0) is 32.4 Å². The van der Waals surface area contributed by atoms with E-state index >= 15 is 0 Å². The monoisotopic (exact) mass is 430 g/mol. The molecular formula is C21H38N2O7. The largest absolute Gasteiger partial charge is 0.394 e. The quantitative estimate of drug-likeness (QED) is 0.385. The van der Waals surface area contributed by atoms with E-state index in [1.807, 2.05) is 39.0 Å². The summed E-state index contributed by atoms with van der Waals surface area (Å²) in [4.78, 5) is 23.8. The Morgan fingerprint density at radius 1 is 0.900 bits per heavy atom. The highest BCUT2D eigenvalue weighted by molar-refractivity contribution is 6.14. The van der Waals surface area contributed by atoms with E-state index in [0.717, 1.165) is 26.1 Å². The first-order valence-corrected chi connectivity index (χ1v) is 10.2. The van der Waals surface area contributed by atoms with Gasteiger partial charge in [0.25, 0.3) is 11.8 Å². The number of unbranched alkanes of at least 4 members (excludes halogenated alkanes) is 1. The molecule has 2 amide bonds. The lowest BCUT2D eigenvalue weighted by molar-refractivity contribution is -0.127. The van der Waals surface area contributed by atoms with E-state index in [9.17, 15) is 9.59 Å². The van der Waals surface area contributed by atoms with Crippen LogP contribution in [-0.2, 0) is 14.3 Å². The standard InChI is InChI=1S/C13H16N2O2.C4H10O.2C2H6O2/c1-2-3-9-11-12(16)14-15(13(11)17)10-7-5-4-6-8-10;1-3-5-4-2;2*3-1-2-4/h4-8,11H,2-3,9H2,1H3,(H,14,16);3-4H2,1-2H3;2*3-4H,1-2H2. The summed E-state index contributed by atoms with van der Waals surface area (Å²) in [5.41, 5.74) is 3.34. The smallest absolute Gasteiger partial charge is 0.258 e. The minimum absolute atomic E-state index is 0.125. The van der Waals surface area contributed by atoms with Crippen molar-refractivity contribution in [3.63, 3.8) is 0 Å². The van der Waals surface area contributed by atoms with Gasteiger partial charge in [-0.2, -0.15) is 0 Å². The average Bonchev–Trinajstić information content (AvgIpc) is 3.07. The number of hydrazine groups is 1. The van der Waals surface area contributed by atoms with Crippen LogP contribution in [-0.4, -0.2) is 71.9 Å². The van der Waals surface area contributed by atoms with Gasteiger partial charge >= 0.3 is 0 Å². The Morgan fingerprint density at radius 3 is 1.77 bits per heavy atom. The number of hydrogen-bond acceptors (Lipinski definition) is 7. The van der Waals surface area contributed by atoms with Crippen LogP contribution in [0.3, 0.4) is 0 Å². The van der Waals surface area contributed by atoms with Crippen molar-refractivity contribution in [2.45, 2.75) is 40.0 Å². The molecule has 2 rings (SSSR count). The fraction of sp³-hybridized carbons (Fsp3) is 0.619. The zero-order valence-electron chi connectivity index (χ0n) is 18.3. The molecule has 1 unspecified atom stereocenters. The van der Waals surface area contributed by atoms with Crippen LogP contribution in [0.4, 0.5) is 5.69 Å². The molecule has 1 aliphatic heterocycles. The molecule has 9 heteroatoms. The van der Waals surface area contributed by atoms with Crippen LogP contribution < -0.4 is 10.4 Å². The highest BCUT2D eigenvalue weighted by Gasteiger charge is 2.39. The van der Waals surface area contributed by atoms with Gasteiger partial charge in [0.15, 0.2) is 0 Å². The van der Waals surface area contributed by atoms with Crippen molar-refractivity contribution in [2.24, 2.45) is 5.92 Å². The molecule has 1 aromatic rings. The van der Waals surface area contributed by atoms with E-state index in [-0.39, 0.29) is 38.2 Å². The molecule has 174 valence electrons. The Bertz CT molecular complexity index is 519. The molecule has 1 atom stereocenters. The van der Waals surface area contributed by atoms with Crippen LogP contribution in [0.25, 0.3) is 0 Å². The van der Waals surface area contributed by atoms with E-state index in [4.69, 9.17) is 25.2 Å². The Labute approximate surface area is 179 Å². The molecule has 5 N–H and O–H groups in total. The van der Waals surface area contributed by atoms with Crippen LogP contribution >= 0.6 is 0 Å². The fourth-order valence-corrected chi connectivity index (χ4v) is 2.15. The maximum Gasteiger partial charge on any atom is 0.258 e. The second-order valence-electron chi connectivity index (χ2n) is 5.86. The maximum absolute atomic E-state index is 12.1. The average molecular weight is 431 g/mol. The Kier molecular flexibility index (Phi) is 21.8. The molecule has 1 saturated heterocycles. The number of nitrogens with one attached hydrogen (secondary N) is 1. The van der Waals surface area contributed by atoms with Crippen molar-refractivity contribution in [3.8, 4) is 0 Å². The predicted molar refractivity (Wildman–Crippen MR) is 116 cm³/mol. The summed E-state index contributed by atoms with van der Waals surface area (Å²) in [6.07, 6.45) is 2.51. The highest BCUT2D eigenvalue weighted by Crippen LogP contribution is 2.22. The third-order valence-corrected chi connectivity index (χ3v) is 3.53. The molecule has 0 bridgehead atoms. The third-order valence-electron chi connectivity index (χ3n) is 3.53. The van der Waals surface area contributed by atoms with Crippen LogP contribution in [0, 0.1) is 5.92 Å². The zero-order valence-corrected chi connectivity index (χ0v) is 18.3. The Morgan fingerprint density at radius 2 is 1.40 bits per heavy atom. The number of nitrogens with zero attached hydrogens (tertiary/aromatic N) is 1. The molecule has 1 fully saturated rings. The number of para-hydroxylation sites is 1. The van der Waals surface area contributed by atoms with Gasteiger partial charge in [-0.15, -0.1) is 0 Å². The molecule has 1 aliphatic rings. The topological polar surface area (TPSA) is 140 Å². The van der Waals surface area contributed by atoms with Crippen LogP contribution in [0.15, 0.2) is 30.3 Å². The van der Waals surface area contributed by atoms with Crippen molar-refractivity contribution in [1.29, 1.82) is 0 Å². The number of hydrogen-bond donors (Lipinski definition) is 5. The van der Waals surface area contributed by atoms with E-state index in [1.54, 1.807) is 12.1 Å². The van der Waals surface area contributed by atoms with E-state index < -0.39 is 5.92 Å². The van der Waals surface area contributed by atoms with Gasteiger partial charge in [-0.25, -0.2) is 5.01 Å². The number of aliphatic hydroxyl groups excluding tert-OH is 4. The first-order chi connectivity index (χ1) is 14.5. The van der Waals surface area contributed by atoms with E-state index in [0.29, 0.717) is 12.1 Å². The van der Waals surface area contributed by atoms with Gasteiger partial charge in [0.2, 0.25) is 0 Å². The lowest BCUT2D eigenvalue weighted by Gasteiger charge is -2.14. The molecular weight excluding hydrogens is 392 g/mol. The normalized spacial score (nSPS) is 14.5. The van der Waals surface area contributed by atoms with Crippen molar-refractivity contribution in [2.75, 3.05) is 44.7 Å². The van der Waals surface area contributed by atoms with Crippen LogP contribution in [0.2, 0.25) is 0 Å². The number of carbonyl (C=O) groups is 2. The first-order valence-electron chi connectivity index (χ1n) is 10.2. The Balaban J connectivity index is 0.